The first-order chi connectivity index (χ1) is 8.34. The Hall–Kier alpha value is -0.720. The van der Waals surface area contributed by atoms with E-state index in [2.05, 4.69) is 31.2 Å². The topological polar surface area (TPSA) is 56.3 Å². The molecule has 6 heteroatoms. The number of rotatable bonds is 9. The van der Waals surface area contributed by atoms with Gasteiger partial charge in [0.1, 0.15) is 12.1 Å². The lowest BCUT2D eigenvalue weighted by Gasteiger charge is -2.07. The minimum atomic E-state index is 0.659. The third kappa shape index (κ3) is 6.55. The van der Waals surface area contributed by atoms with Crippen molar-refractivity contribution in [2.45, 2.75) is 12.8 Å². The van der Waals surface area contributed by atoms with Gasteiger partial charge >= 0.3 is 0 Å². The molecule has 1 rings (SSSR count). The van der Waals surface area contributed by atoms with Crippen molar-refractivity contribution in [3.8, 4) is 0 Å². The van der Waals surface area contributed by atoms with Crippen LogP contribution in [0.4, 0.5) is 5.82 Å². The van der Waals surface area contributed by atoms with Gasteiger partial charge < -0.3 is 14.8 Å². The second kappa shape index (κ2) is 9.32. The van der Waals surface area contributed by atoms with Crippen LogP contribution in [0.3, 0.4) is 0 Å². The van der Waals surface area contributed by atoms with Crippen molar-refractivity contribution in [3.63, 3.8) is 0 Å². The third-order valence-electron chi connectivity index (χ3n) is 2.11. The first-order valence-corrected chi connectivity index (χ1v) is 6.40. The van der Waals surface area contributed by atoms with Gasteiger partial charge in [-0.15, -0.1) is 0 Å². The van der Waals surface area contributed by atoms with Crippen LogP contribution in [0.2, 0.25) is 0 Å². The predicted octanol–water partition coefficient (Wildman–Crippen LogP) is 2.09. The Labute approximate surface area is 110 Å². The molecule has 0 atom stereocenters. The van der Waals surface area contributed by atoms with E-state index in [1.807, 2.05) is 0 Å². The van der Waals surface area contributed by atoms with Crippen LogP contribution >= 0.6 is 15.9 Å². The molecule has 0 aliphatic carbocycles. The molecule has 96 valence electrons. The Morgan fingerprint density at radius 3 is 2.94 bits per heavy atom. The van der Waals surface area contributed by atoms with E-state index in [4.69, 9.17) is 9.47 Å². The Balaban J connectivity index is 1.99. The summed E-state index contributed by atoms with van der Waals surface area (Å²) in [5, 5.41) is 3.24. The van der Waals surface area contributed by atoms with Crippen LogP contribution < -0.4 is 5.32 Å². The SMILES string of the molecule is COCCOCCCCNc1ncncc1Br. The number of methoxy groups -OCH3 is 1. The normalized spacial score (nSPS) is 10.5. The van der Waals surface area contributed by atoms with E-state index in [9.17, 15) is 0 Å². The van der Waals surface area contributed by atoms with Gasteiger partial charge in [0.25, 0.3) is 0 Å². The standard InChI is InChI=1S/C11H18BrN3O2/c1-16-6-7-17-5-3-2-4-14-11-10(12)8-13-9-15-11/h8-9H,2-7H2,1H3,(H,13,14,15). The minimum absolute atomic E-state index is 0.659. The van der Waals surface area contributed by atoms with Crippen LogP contribution in [0.15, 0.2) is 17.0 Å². The van der Waals surface area contributed by atoms with Crippen LogP contribution in [0, 0.1) is 0 Å². The molecule has 1 aromatic rings. The molecule has 0 saturated heterocycles. The summed E-state index contributed by atoms with van der Waals surface area (Å²) in [6.45, 7) is 2.98. The van der Waals surface area contributed by atoms with Crippen LogP contribution in [0.5, 0.6) is 0 Å². The molecular weight excluding hydrogens is 286 g/mol. The van der Waals surface area contributed by atoms with Crippen molar-refractivity contribution in [2.24, 2.45) is 0 Å². The summed E-state index contributed by atoms with van der Waals surface area (Å²) in [5.41, 5.74) is 0. The fourth-order valence-corrected chi connectivity index (χ4v) is 1.58. The maximum Gasteiger partial charge on any atom is 0.143 e. The molecule has 1 heterocycles. The van der Waals surface area contributed by atoms with E-state index in [0.29, 0.717) is 13.2 Å². The van der Waals surface area contributed by atoms with Gasteiger partial charge in [-0.05, 0) is 28.8 Å². The van der Waals surface area contributed by atoms with Crippen molar-refractivity contribution in [2.75, 3.05) is 38.8 Å². The van der Waals surface area contributed by atoms with Gasteiger partial charge in [-0.3, -0.25) is 0 Å². The highest BCUT2D eigenvalue weighted by atomic mass is 79.9. The van der Waals surface area contributed by atoms with Crippen molar-refractivity contribution < 1.29 is 9.47 Å². The Morgan fingerprint density at radius 1 is 1.29 bits per heavy atom. The summed E-state index contributed by atoms with van der Waals surface area (Å²) >= 11 is 3.38. The highest BCUT2D eigenvalue weighted by Crippen LogP contribution is 2.16. The number of hydrogen-bond acceptors (Lipinski definition) is 5. The van der Waals surface area contributed by atoms with E-state index in [-0.39, 0.29) is 0 Å². The second-order valence-electron chi connectivity index (χ2n) is 3.46. The number of halogens is 1. The van der Waals surface area contributed by atoms with E-state index in [0.717, 1.165) is 36.3 Å². The highest BCUT2D eigenvalue weighted by Gasteiger charge is 1.98. The summed E-state index contributed by atoms with van der Waals surface area (Å²) in [6, 6.07) is 0. The zero-order valence-electron chi connectivity index (χ0n) is 9.99. The van der Waals surface area contributed by atoms with Crippen LogP contribution in [-0.2, 0) is 9.47 Å². The number of aromatic nitrogens is 2. The molecule has 0 fully saturated rings. The molecule has 0 bridgehead atoms. The van der Waals surface area contributed by atoms with Gasteiger partial charge in [-0.25, -0.2) is 9.97 Å². The monoisotopic (exact) mass is 303 g/mol. The Morgan fingerprint density at radius 2 is 2.18 bits per heavy atom. The van der Waals surface area contributed by atoms with Crippen molar-refractivity contribution in [1.29, 1.82) is 0 Å². The maximum atomic E-state index is 5.36. The van der Waals surface area contributed by atoms with E-state index in [1.54, 1.807) is 13.3 Å². The van der Waals surface area contributed by atoms with E-state index < -0.39 is 0 Å². The number of nitrogens with one attached hydrogen (secondary N) is 1. The number of nitrogens with zero attached hydrogens (tertiary/aromatic N) is 2. The lowest BCUT2D eigenvalue weighted by molar-refractivity contribution is 0.0691. The summed E-state index contributed by atoms with van der Waals surface area (Å²) in [6.07, 6.45) is 5.33. The van der Waals surface area contributed by atoms with Gasteiger partial charge in [0, 0.05) is 26.5 Å². The van der Waals surface area contributed by atoms with E-state index >= 15 is 0 Å². The van der Waals surface area contributed by atoms with Gasteiger partial charge in [-0.2, -0.15) is 0 Å². The van der Waals surface area contributed by atoms with Crippen LogP contribution in [0.25, 0.3) is 0 Å². The largest absolute Gasteiger partial charge is 0.382 e. The molecule has 0 unspecified atom stereocenters. The van der Waals surface area contributed by atoms with Gasteiger partial charge in [0.2, 0.25) is 0 Å². The fourth-order valence-electron chi connectivity index (χ4n) is 1.22. The van der Waals surface area contributed by atoms with Gasteiger partial charge in [-0.1, -0.05) is 0 Å². The molecule has 0 aliphatic rings. The van der Waals surface area contributed by atoms with E-state index in [1.165, 1.54) is 6.33 Å². The third-order valence-corrected chi connectivity index (χ3v) is 2.69. The summed E-state index contributed by atoms with van der Waals surface area (Å²) in [7, 11) is 1.67. The average Bonchev–Trinajstić information content (AvgIpc) is 2.35. The predicted molar refractivity (Wildman–Crippen MR) is 70.2 cm³/mol. The second-order valence-corrected chi connectivity index (χ2v) is 4.31. The molecule has 17 heavy (non-hydrogen) atoms. The van der Waals surface area contributed by atoms with Crippen LogP contribution in [-0.4, -0.2) is 43.4 Å². The average molecular weight is 304 g/mol. The first kappa shape index (κ1) is 14.3. The quantitative estimate of drug-likeness (QED) is 0.708. The van der Waals surface area contributed by atoms with Crippen molar-refractivity contribution >= 4 is 21.7 Å². The highest BCUT2D eigenvalue weighted by molar-refractivity contribution is 9.10. The number of unbranched alkanes of at least 4 members (excludes halogenated alkanes) is 1. The van der Waals surface area contributed by atoms with Crippen molar-refractivity contribution in [3.05, 3.63) is 17.0 Å². The maximum absolute atomic E-state index is 5.36. The lowest BCUT2D eigenvalue weighted by atomic mass is 10.3. The molecule has 1 aromatic heterocycles. The number of ether oxygens (including phenoxy) is 2. The lowest BCUT2D eigenvalue weighted by Crippen LogP contribution is -2.07. The van der Waals surface area contributed by atoms with Gasteiger partial charge in [0.05, 0.1) is 17.7 Å². The number of anilines is 1. The van der Waals surface area contributed by atoms with Crippen molar-refractivity contribution in [1.82, 2.24) is 9.97 Å². The molecule has 0 aliphatic heterocycles. The molecule has 0 aromatic carbocycles. The molecule has 5 nitrogen and oxygen atoms in total. The smallest absolute Gasteiger partial charge is 0.143 e. The Bertz CT molecular complexity index is 313. The number of hydrogen-bond donors (Lipinski definition) is 1. The van der Waals surface area contributed by atoms with Gasteiger partial charge in [0.15, 0.2) is 0 Å². The fraction of sp³-hybridized carbons (Fsp3) is 0.636. The molecule has 0 spiro atoms. The zero-order chi connectivity index (χ0) is 12.3. The molecular formula is C11H18BrN3O2. The molecule has 0 radical (unpaired) electrons. The summed E-state index contributed by atoms with van der Waals surface area (Å²) in [5.74, 6) is 0.834. The summed E-state index contributed by atoms with van der Waals surface area (Å²) < 4.78 is 11.1. The summed E-state index contributed by atoms with van der Waals surface area (Å²) in [4.78, 5) is 8.02. The first-order valence-electron chi connectivity index (χ1n) is 5.60. The zero-order valence-corrected chi connectivity index (χ0v) is 11.6. The molecule has 1 N–H and O–H groups in total. The minimum Gasteiger partial charge on any atom is -0.382 e. The van der Waals surface area contributed by atoms with Crippen LogP contribution in [0.1, 0.15) is 12.8 Å². The molecule has 0 amide bonds. The Kier molecular flexibility index (Phi) is 7.87. The molecule has 0 saturated carbocycles.